The first-order valence-electron chi connectivity index (χ1n) is 4.62. The second-order valence-electron chi connectivity index (χ2n) is 3.13. The van der Waals surface area contributed by atoms with E-state index in [0.717, 1.165) is 0 Å². The van der Waals surface area contributed by atoms with Crippen LogP contribution in [0.5, 0.6) is 11.5 Å². The molecular weight excluding hydrogens is 234 g/mol. The van der Waals surface area contributed by atoms with Gasteiger partial charge in [0.25, 0.3) is 5.56 Å². The summed E-state index contributed by atoms with van der Waals surface area (Å²) in [5, 5.41) is 0.156. The van der Waals surface area contributed by atoms with E-state index in [1.165, 1.54) is 25.6 Å². The summed E-state index contributed by atoms with van der Waals surface area (Å²) in [6, 6.07) is 2.54. The molecule has 0 aliphatic heterocycles. The molecule has 0 spiro atoms. The summed E-state index contributed by atoms with van der Waals surface area (Å²) in [5.41, 5.74) is -0.0935. The van der Waals surface area contributed by atoms with Crippen LogP contribution in [0.3, 0.4) is 0 Å². The van der Waals surface area contributed by atoms with Crippen molar-refractivity contribution < 1.29 is 18.3 Å². The van der Waals surface area contributed by atoms with Gasteiger partial charge in [-0.15, -0.1) is 0 Å². The Hall–Kier alpha value is -2.18. The molecule has 1 aromatic carbocycles. The molecule has 0 aliphatic rings. The van der Waals surface area contributed by atoms with Crippen LogP contribution in [0.25, 0.3) is 10.9 Å². The molecule has 0 bridgehead atoms. The number of hydrogen-bond acceptors (Lipinski definition) is 4. The van der Waals surface area contributed by atoms with Gasteiger partial charge in [-0.2, -0.15) is 8.78 Å². The predicted octanol–water partition coefficient (Wildman–Crippen LogP) is 1.53. The van der Waals surface area contributed by atoms with Gasteiger partial charge in [0.1, 0.15) is 0 Å². The number of fused-ring (bicyclic) bond motifs is 1. The zero-order valence-corrected chi connectivity index (χ0v) is 8.74. The molecule has 1 heterocycles. The summed E-state index contributed by atoms with van der Waals surface area (Å²) in [4.78, 5) is 17.7. The van der Waals surface area contributed by atoms with Gasteiger partial charge in [0.15, 0.2) is 11.5 Å². The Morgan fingerprint density at radius 3 is 2.76 bits per heavy atom. The summed E-state index contributed by atoms with van der Waals surface area (Å²) in [6.07, 6.45) is 1.22. The van der Waals surface area contributed by atoms with Gasteiger partial charge in [-0.3, -0.25) is 4.79 Å². The van der Waals surface area contributed by atoms with E-state index in [-0.39, 0.29) is 16.9 Å². The molecule has 0 saturated heterocycles. The lowest BCUT2D eigenvalue weighted by atomic mass is 10.2. The van der Waals surface area contributed by atoms with Crippen molar-refractivity contribution in [1.82, 2.24) is 9.97 Å². The molecule has 1 aromatic heterocycles. The van der Waals surface area contributed by atoms with Crippen LogP contribution in [0.4, 0.5) is 8.78 Å². The van der Waals surface area contributed by atoms with Gasteiger partial charge in [0, 0.05) is 6.07 Å². The minimum Gasteiger partial charge on any atom is -0.493 e. The predicted molar refractivity (Wildman–Crippen MR) is 55.5 cm³/mol. The fourth-order valence-electron chi connectivity index (χ4n) is 1.42. The van der Waals surface area contributed by atoms with E-state index in [4.69, 9.17) is 4.74 Å². The minimum absolute atomic E-state index is 0.0934. The molecule has 90 valence electrons. The maximum Gasteiger partial charge on any atom is 0.387 e. The second-order valence-corrected chi connectivity index (χ2v) is 3.13. The molecule has 0 atom stereocenters. The van der Waals surface area contributed by atoms with Crippen molar-refractivity contribution in [3.8, 4) is 11.5 Å². The van der Waals surface area contributed by atoms with E-state index >= 15 is 0 Å². The SMILES string of the molecule is COc1cc2nc[nH]c(=O)c2cc1OC(F)F. The summed E-state index contributed by atoms with van der Waals surface area (Å²) in [7, 11) is 1.31. The Balaban J connectivity index is 2.65. The molecule has 5 nitrogen and oxygen atoms in total. The molecule has 7 heteroatoms. The maximum absolute atomic E-state index is 12.2. The summed E-state index contributed by atoms with van der Waals surface area (Å²) >= 11 is 0. The number of nitrogens with one attached hydrogen (secondary N) is 1. The number of aromatic amines is 1. The van der Waals surface area contributed by atoms with Crippen molar-refractivity contribution in [3.05, 3.63) is 28.8 Å². The molecular formula is C10H8F2N2O3. The van der Waals surface area contributed by atoms with E-state index in [2.05, 4.69) is 14.7 Å². The molecule has 2 aromatic rings. The average molecular weight is 242 g/mol. The van der Waals surface area contributed by atoms with Crippen LogP contribution >= 0.6 is 0 Å². The van der Waals surface area contributed by atoms with E-state index in [1.54, 1.807) is 0 Å². The number of methoxy groups -OCH3 is 1. The highest BCUT2D eigenvalue weighted by Gasteiger charge is 2.13. The zero-order valence-electron chi connectivity index (χ0n) is 8.74. The highest BCUT2D eigenvalue weighted by atomic mass is 19.3. The molecule has 0 unspecified atom stereocenters. The zero-order chi connectivity index (χ0) is 12.4. The van der Waals surface area contributed by atoms with Gasteiger partial charge in [-0.25, -0.2) is 4.98 Å². The van der Waals surface area contributed by atoms with Crippen LogP contribution in [0.1, 0.15) is 0 Å². The Bertz CT molecular complexity index is 598. The highest BCUT2D eigenvalue weighted by Crippen LogP contribution is 2.31. The van der Waals surface area contributed by atoms with Gasteiger partial charge in [0.05, 0.1) is 24.3 Å². The average Bonchev–Trinajstić information content (AvgIpc) is 2.29. The van der Waals surface area contributed by atoms with Crippen molar-refractivity contribution in [3.63, 3.8) is 0 Å². The quantitative estimate of drug-likeness (QED) is 0.886. The van der Waals surface area contributed by atoms with E-state index in [1.807, 2.05) is 0 Å². The van der Waals surface area contributed by atoms with Crippen molar-refractivity contribution in [1.29, 1.82) is 0 Å². The Morgan fingerprint density at radius 2 is 2.12 bits per heavy atom. The standard InChI is InChI=1S/C10H8F2N2O3/c1-16-7-3-6-5(9(15)14-4-13-6)2-8(7)17-10(11)12/h2-4,10H,1H3,(H,13,14,15). The highest BCUT2D eigenvalue weighted by molar-refractivity contribution is 5.81. The van der Waals surface area contributed by atoms with Crippen LogP contribution in [-0.4, -0.2) is 23.7 Å². The van der Waals surface area contributed by atoms with Gasteiger partial charge in [-0.05, 0) is 6.07 Å². The Morgan fingerprint density at radius 1 is 1.35 bits per heavy atom. The number of hydrogen-bond donors (Lipinski definition) is 1. The first kappa shape index (κ1) is 11.3. The number of alkyl halides is 2. The van der Waals surface area contributed by atoms with Crippen molar-refractivity contribution in [2.45, 2.75) is 6.61 Å². The van der Waals surface area contributed by atoms with Crippen molar-refractivity contribution in [2.75, 3.05) is 7.11 Å². The molecule has 0 radical (unpaired) electrons. The normalized spacial score (nSPS) is 10.8. The third-order valence-corrected chi connectivity index (χ3v) is 2.14. The second kappa shape index (κ2) is 4.36. The first-order chi connectivity index (χ1) is 8.11. The third-order valence-electron chi connectivity index (χ3n) is 2.14. The number of halogens is 2. The Kier molecular flexibility index (Phi) is 2.90. The van der Waals surface area contributed by atoms with Gasteiger partial charge in [0.2, 0.25) is 0 Å². The van der Waals surface area contributed by atoms with Gasteiger partial charge >= 0.3 is 6.61 Å². The number of nitrogens with zero attached hydrogens (tertiary/aromatic N) is 1. The summed E-state index contributed by atoms with van der Waals surface area (Å²) < 4.78 is 33.5. The number of aromatic nitrogens is 2. The third kappa shape index (κ3) is 2.17. The van der Waals surface area contributed by atoms with Crippen LogP contribution in [0.2, 0.25) is 0 Å². The fraction of sp³-hybridized carbons (Fsp3) is 0.200. The lowest BCUT2D eigenvalue weighted by molar-refractivity contribution is -0.0511. The Labute approximate surface area is 94.0 Å². The number of rotatable bonds is 3. The first-order valence-corrected chi connectivity index (χ1v) is 4.62. The molecule has 0 fully saturated rings. The minimum atomic E-state index is -2.99. The summed E-state index contributed by atoms with van der Waals surface area (Å²) in [5.74, 6) is -0.107. The van der Waals surface area contributed by atoms with E-state index in [9.17, 15) is 13.6 Å². The van der Waals surface area contributed by atoms with Crippen LogP contribution in [-0.2, 0) is 0 Å². The lowest BCUT2D eigenvalue weighted by Gasteiger charge is -2.10. The largest absolute Gasteiger partial charge is 0.493 e. The van der Waals surface area contributed by atoms with E-state index < -0.39 is 12.2 Å². The molecule has 0 saturated carbocycles. The monoisotopic (exact) mass is 242 g/mol. The summed E-state index contributed by atoms with van der Waals surface area (Å²) in [6.45, 7) is -2.99. The molecule has 1 N–H and O–H groups in total. The maximum atomic E-state index is 12.2. The molecule has 0 aliphatic carbocycles. The number of ether oxygens (including phenoxy) is 2. The van der Waals surface area contributed by atoms with Crippen LogP contribution in [0.15, 0.2) is 23.3 Å². The van der Waals surface area contributed by atoms with Crippen molar-refractivity contribution in [2.24, 2.45) is 0 Å². The van der Waals surface area contributed by atoms with E-state index in [0.29, 0.717) is 5.52 Å². The molecule has 17 heavy (non-hydrogen) atoms. The fourth-order valence-corrected chi connectivity index (χ4v) is 1.42. The lowest BCUT2D eigenvalue weighted by Crippen LogP contribution is -2.08. The van der Waals surface area contributed by atoms with Gasteiger partial charge in [-0.1, -0.05) is 0 Å². The topological polar surface area (TPSA) is 64.2 Å². The smallest absolute Gasteiger partial charge is 0.387 e. The van der Waals surface area contributed by atoms with Crippen LogP contribution < -0.4 is 15.0 Å². The molecule has 0 amide bonds. The van der Waals surface area contributed by atoms with Gasteiger partial charge < -0.3 is 14.5 Å². The van der Waals surface area contributed by atoms with Crippen LogP contribution in [0, 0.1) is 0 Å². The number of H-pyrrole nitrogens is 1. The molecule has 2 rings (SSSR count). The van der Waals surface area contributed by atoms with Crippen molar-refractivity contribution >= 4 is 10.9 Å². The number of benzene rings is 1.